The molecule has 6 nitrogen and oxygen atoms in total. The molecule has 1 aromatic carbocycles. The summed E-state index contributed by atoms with van der Waals surface area (Å²) in [6, 6.07) is 6.46. The van der Waals surface area contributed by atoms with Gasteiger partial charge in [0, 0.05) is 17.3 Å². The summed E-state index contributed by atoms with van der Waals surface area (Å²) in [5, 5.41) is 9.73. The predicted molar refractivity (Wildman–Crippen MR) is 89.1 cm³/mol. The minimum absolute atomic E-state index is 0.0752. The molecule has 0 saturated heterocycles. The lowest BCUT2D eigenvalue weighted by atomic mass is 10.2. The lowest BCUT2D eigenvalue weighted by Crippen LogP contribution is -2.03. The number of hydrogen-bond donors (Lipinski definition) is 3. The second-order valence-corrected chi connectivity index (χ2v) is 4.76. The molecule has 0 aliphatic heterocycles. The van der Waals surface area contributed by atoms with Crippen molar-refractivity contribution in [3.63, 3.8) is 0 Å². The summed E-state index contributed by atoms with van der Waals surface area (Å²) in [5.41, 5.74) is 12.1. The Morgan fingerprint density at radius 3 is 2.74 bits per heavy atom. The molecule has 0 radical (unpaired) electrons. The summed E-state index contributed by atoms with van der Waals surface area (Å²) in [5.74, 6) is -0.467. The number of hydrogen-bond acceptors (Lipinski definition) is 5. The van der Waals surface area contributed by atoms with Crippen molar-refractivity contribution in [3.8, 4) is 0 Å². The topological polar surface area (TPSA) is 114 Å². The molecule has 1 heterocycles. The van der Waals surface area contributed by atoms with Gasteiger partial charge >= 0.3 is 0 Å². The SMILES string of the molecule is C/C(N)=C/C(=NCc1cccc(Cl)c1F)c1ccon1.N=CN. The first-order chi connectivity index (χ1) is 11.0. The molecule has 122 valence electrons. The first-order valence-electron chi connectivity index (χ1n) is 6.52. The van der Waals surface area contributed by atoms with Gasteiger partial charge in [-0.25, -0.2) is 4.39 Å². The molecular weight excluding hydrogens is 321 g/mol. The van der Waals surface area contributed by atoms with E-state index in [1.807, 2.05) is 0 Å². The van der Waals surface area contributed by atoms with Crippen LogP contribution >= 0.6 is 11.6 Å². The average Bonchev–Trinajstić information content (AvgIpc) is 3.02. The van der Waals surface area contributed by atoms with E-state index in [2.05, 4.69) is 15.9 Å². The molecule has 0 atom stereocenters. The van der Waals surface area contributed by atoms with E-state index in [0.717, 1.165) is 6.34 Å². The quantitative estimate of drug-likeness (QED) is 0.587. The van der Waals surface area contributed by atoms with E-state index in [1.165, 1.54) is 12.3 Å². The second kappa shape index (κ2) is 9.37. The molecular formula is C15H17ClFN5O. The molecule has 0 amide bonds. The fourth-order valence-electron chi connectivity index (χ4n) is 1.60. The smallest absolute Gasteiger partial charge is 0.146 e. The Hall–Kier alpha value is -2.67. The minimum atomic E-state index is -0.467. The normalized spacial score (nSPS) is 11.6. The fourth-order valence-corrected chi connectivity index (χ4v) is 1.80. The van der Waals surface area contributed by atoms with Crippen molar-refractivity contribution in [3.05, 3.63) is 64.4 Å². The van der Waals surface area contributed by atoms with Crippen LogP contribution in [0.25, 0.3) is 0 Å². The second-order valence-electron chi connectivity index (χ2n) is 4.35. The monoisotopic (exact) mass is 337 g/mol. The maximum atomic E-state index is 13.8. The number of halogens is 2. The number of nitrogens with one attached hydrogen (secondary N) is 1. The molecule has 2 rings (SSSR count). The van der Waals surface area contributed by atoms with Crippen LogP contribution in [0.15, 0.2) is 51.8 Å². The third-order valence-corrected chi connectivity index (χ3v) is 2.81. The van der Waals surface area contributed by atoms with E-state index in [-0.39, 0.29) is 11.6 Å². The molecule has 23 heavy (non-hydrogen) atoms. The van der Waals surface area contributed by atoms with Crippen LogP contribution in [0.5, 0.6) is 0 Å². The van der Waals surface area contributed by atoms with Crippen LogP contribution < -0.4 is 11.5 Å². The number of benzene rings is 1. The van der Waals surface area contributed by atoms with E-state index >= 15 is 0 Å². The van der Waals surface area contributed by atoms with Gasteiger partial charge in [0.15, 0.2) is 0 Å². The molecule has 8 heteroatoms. The van der Waals surface area contributed by atoms with Gasteiger partial charge in [-0.05, 0) is 19.1 Å². The highest BCUT2D eigenvalue weighted by molar-refractivity contribution is 6.30. The van der Waals surface area contributed by atoms with Crippen LogP contribution in [0.4, 0.5) is 4.39 Å². The maximum absolute atomic E-state index is 13.8. The molecule has 0 bridgehead atoms. The zero-order valence-corrected chi connectivity index (χ0v) is 13.2. The van der Waals surface area contributed by atoms with Crippen molar-refractivity contribution < 1.29 is 8.91 Å². The van der Waals surface area contributed by atoms with Gasteiger partial charge in [-0.2, -0.15) is 0 Å². The molecule has 0 saturated carbocycles. The largest absolute Gasteiger partial charge is 0.402 e. The van der Waals surface area contributed by atoms with Crippen molar-refractivity contribution in [1.29, 1.82) is 5.41 Å². The average molecular weight is 338 g/mol. The van der Waals surface area contributed by atoms with E-state index in [4.69, 9.17) is 27.3 Å². The standard InChI is InChI=1S/C14H13ClFN3O.CH4N2/c1-9(17)7-13(12-5-6-20-19-12)18-8-10-3-2-4-11(15)14(10)16;2-1-3/h2-7H,8,17H2,1H3;1H,(H3,2,3)/b9-7-,18-13?;. The first kappa shape index (κ1) is 18.4. The number of aromatic nitrogens is 1. The van der Waals surface area contributed by atoms with Gasteiger partial charge < -0.3 is 16.0 Å². The van der Waals surface area contributed by atoms with Crippen molar-refractivity contribution in [2.24, 2.45) is 16.5 Å². The summed E-state index contributed by atoms with van der Waals surface area (Å²) >= 11 is 5.73. The highest BCUT2D eigenvalue weighted by Gasteiger charge is 2.08. The lowest BCUT2D eigenvalue weighted by molar-refractivity contribution is 0.418. The van der Waals surface area contributed by atoms with Gasteiger partial charge in [-0.3, -0.25) is 10.4 Å². The summed E-state index contributed by atoms with van der Waals surface area (Å²) in [6.45, 7) is 1.87. The van der Waals surface area contributed by atoms with Gasteiger partial charge in [0.05, 0.1) is 23.6 Å². The van der Waals surface area contributed by atoms with Crippen LogP contribution in [0.2, 0.25) is 5.02 Å². The Bertz CT molecular complexity index is 694. The highest BCUT2D eigenvalue weighted by atomic mass is 35.5. The highest BCUT2D eigenvalue weighted by Crippen LogP contribution is 2.18. The molecule has 1 aromatic heterocycles. The lowest BCUT2D eigenvalue weighted by Gasteiger charge is -2.03. The van der Waals surface area contributed by atoms with Crippen LogP contribution in [0.3, 0.4) is 0 Å². The Labute approximate surface area is 138 Å². The van der Waals surface area contributed by atoms with Crippen LogP contribution in [-0.4, -0.2) is 17.2 Å². The van der Waals surface area contributed by atoms with Crippen molar-refractivity contribution in [1.82, 2.24) is 5.16 Å². The first-order valence-corrected chi connectivity index (χ1v) is 6.90. The molecule has 0 unspecified atom stereocenters. The number of rotatable bonds is 4. The molecule has 0 spiro atoms. The third-order valence-electron chi connectivity index (χ3n) is 2.52. The van der Waals surface area contributed by atoms with Gasteiger partial charge in [-0.15, -0.1) is 0 Å². The Morgan fingerprint density at radius 1 is 1.48 bits per heavy atom. The fraction of sp³-hybridized carbons (Fsp3) is 0.133. The summed E-state index contributed by atoms with van der Waals surface area (Å²) < 4.78 is 18.6. The van der Waals surface area contributed by atoms with Crippen molar-refractivity contribution >= 4 is 23.7 Å². The van der Waals surface area contributed by atoms with Crippen molar-refractivity contribution in [2.75, 3.05) is 0 Å². The van der Waals surface area contributed by atoms with Crippen LogP contribution in [-0.2, 0) is 6.54 Å². The van der Waals surface area contributed by atoms with Gasteiger partial charge in [0.1, 0.15) is 17.8 Å². The van der Waals surface area contributed by atoms with Gasteiger partial charge in [-0.1, -0.05) is 28.9 Å². The zero-order valence-electron chi connectivity index (χ0n) is 12.5. The molecule has 0 aliphatic rings. The van der Waals surface area contributed by atoms with Gasteiger partial charge in [0.2, 0.25) is 0 Å². The zero-order chi connectivity index (χ0) is 17.2. The maximum Gasteiger partial charge on any atom is 0.146 e. The Kier molecular flexibility index (Phi) is 7.49. The molecule has 0 fully saturated rings. The third kappa shape index (κ3) is 5.91. The van der Waals surface area contributed by atoms with E-state index in [1.54, 1.807) is 31.2 Å². The van der Waals surface area contributed by atoms with Crippen LogP contribution in [0, 0.1) is 11.2 Å². The molecule has 5 N–H and O–H groups in total. The Morgan fingerprint density at radius 2 is 2.17 bits per heavy atom. The summed E-state index contributed by atoms with van der Waals surface area (Å²) in [7, 11) is 0. The number of allylic oxidation sites excluding steroid dienone is 2. The predicted octanol–water partition coefficient (Wildman–Crippen LogP) is 2.87. The van der Waals surface area contributed by atoms with Crippen molar-refractivity contribution in [2.45, 2.75) is 13.5 Å². The van der Waals surface area contributed by atoms with E-state index in [9.17, 15) is 4.39 Å². The summed E-state index contributed by atoms with van der Waals surface area (Å²) in [4.78, 5) is 4.32. The van der Waals surface area contributed by atoms with Crippen LogP contribution in [0.1, 0.15) is 18.2 Å². The molecule has 0 aliphatic carbocycles. The van der Waals surface area contributed by atoms with E-state index < -0.39 is 5.82 Å². The Balaban J connectivity index is 0.000000816. The molecule has 2 aromatic rings. The van der Waals surface area contributed by atoms with Gasteiger partial charge in [0.25, 0.3) is 0 Å². The summed E-state index contributed by atoms with van der Waals surface area (Å²) in [6.07, 6.45) is 3.84. The number of aliphatic imine (C=N–C) groups is 1. The number of nitrogens with zero attached hydrogens (tertiary/aromatic N) is 2. The number of nitrogens with two attached hydrogens (primary N) is 2. The minimum Gasteiger partial charge on any atom is -0.402 e. The van der Waals surface area contributed by atoms with E-state index in [0.29, 0.717) is 22.7 Å².